The molecule has 2 aliphatic rings. The quantitative estimate of drug-likeness (QED) is 0.542. The number of carbonyl (C=O) groups is 2. The minimum atomic E-state index is -0.488. The molecule has 7 nitrogen and oxygen atoms in total. The lowest BCUT2D eigenvalue weighted by Gasteiger charge is -2.44. The number of nitrogens with zero attached hydrogens (tertiary/aromatic N) is 3. The molecule has 2 saturated heterocycles. The Morgan fingerprint density at radius 3 is 2.28 bits per heavy atom. The smallest absolute Gasteiger partial charge is 0.269 e. The summed E-state index contributed by atoms with van der Waals surface area (Å²) in [7, 11) is 0. The molecule has 9 heteroatoms. The fraction of sp³-hybridized carbons (Fsp3) is 0.300. The van der Waals surface area contributed by atoms with Crippen molar-refractivity contribution in [2.75, 3.05) is 23.7 Å². The van der Waals surface area contributed by atoms with Gasteiger partial charge in [0.2, 0.25) is 5.91 Å². The number of nitro groups is 1. The third-order valence-electron chi connectivity index (χ3n) is 5.36. The van der Waals surface area contributed by atoms with Crippen LogP contribution in [0.25, 0.3) is 0 Å². The fourth-order valence-electron chi connectivity index (χ4n) is 3.86. The topological polar surface area (TPSA) is 83.8 Å². The molecule has 29 heavy (non-hydrogen) atoms. The van der Waals surface area contributed by atoms with E-state index in [1.807, 2.05) is 17.0 Å². The molecule has 1 spiro atoms. The molecule has 0 aromatic heterocycles. The Balaban J connectivity index is 1.49. The van der Waals surface area contributed by atoms with Crippen molar-refractivity contribution < 1.29 is 14.5 Å². The van der Waals surface area contributed by atoms with Gasteiger partial charge >= 0.3 is 0 Å². The minimum absolute atomic E-state index is 0.0429. The van der Waals surface area contributed by atoms with Crippen LogP contribution in [-0.2, 0) is 4.79 Å². The number of thioether (sulfide) groups is 1. The number of carbonyl (C=O) groups excluding carboxylic acids is 2. The van der Waals surface area contributed by atoms with Crippen LogP contribution in [0.5, 0.6) is 0 Å². The summed E-state index contributed by atoms with van der Waals surface area (Å²) >= 11 is 7.61. The van der Waals surface area contributed by atoms with E-state index in [1.165, 1.54) is 24.3 Å². The van der Waals surface area contributed by atoms with Gasteiger partial charge in [0.05, 0.1) is 15.5 Å². The molecule has 2 heterocycles. The summed E-state index contributed by atoms with van der Waals surface area (Å²) in [6.07, 6.45) is 1.31. The molecule has 0 atom stereocenters. The molecular weight excluding hydrogens is 414 g/mol. The summed E-state index contributed by atoms with van der Waals surface area (Å²) < 4.78 is 0. The van der Waals surface area contributed by atoms with Crippen LogP contribution in [0.4, 0.5) is 11.4 Å². The number of non-ortho nitro benzene ring substituents is 1. The third kappa shape index (κ3) is 3.70. The summed E-state index contributed by atoms with van der Waals surface area (Å²) in [4.78, 5) is 38.9. The SMILES string of the molecule is O=C(c1ccc([N+](=O)[O-])cc1)N1CCC2(CC1)SCC(=O)N2c1ccc(Cl)cc1. The summed E-state index contributed by atoms with van der Waals surface area (Å²) in [5, 5.41) is 11.4. The highest BCUT2D eigenvalue weighted by molar-refractivity contribution is 8.02. The number of benzene rings is 2. The molecule has 2 amide bonds. The Hall–Kier alpha value is -2.58. The molecular formula is C20H18ClN3O4S. The van der Waals surface area contributed by atoms with Crippen molar-refractivity contribution in [3.8, 4) is 0 Å². The van der Waals surface area contributed by atoms with Gasteiger partial charge in [0.1, 0.15) is 0 Å². The highest BCUT2D eigenvalue weighted by Gasteiger charge is 2.49. The van der Waals surface area contributed by atoms with E-state index in [1.54, 1.807) is 28.8 Å². The molecule has 0 radical (unpaired) electrons. The second kappa shape index (κ2) is 7.68. The number of rotatable bonds is 3. The molecule has 4 rings (SSSR count). The van der Waals surface area contributed by atoms with E-state index in [4.69, 9.17) is 11.6 Å². The molecule has 0 unspecified atom stereocenters. The molecule has 0 aliphatic carbocycles. The Morgan fingerprint density at radius 1 is 1.07 bits per heavy atom. The number of nitro benzene ring substituents is 1. The zero-order chi connectivity index (χ0) is 20.6. The van der Waals surface area contributed by atoms with Crippen LogP contribution in [-0.4, -0.2) is 45.4 Å². The molecule has 0 N–H and O–H groups in total. The highest BCUT2D eigenvalue weighted by Crippen LogP contribution is 2.47. The van der Waals surface area contributed by atoms with E-state index < -0.39 is 4.92 Å². The lowest BCUT2D eigenvalue weighted by molar-refractivity contribution is -0.384. The van der Waals surface area contributed by atoms with Crippen molar-refractivity contribution in [2.45, 2.75) is 17.7 Å². The molecule has 0 bridgehead atoms. The molecule has 0 saturated carbocycles. The molecule has 2 aromatic carbocycles. The number of piperidine rings is 1. The summed E-state index contributed by atoms with van der Waals surface area (Å²) in [6.45, 7) is 1.03. The van der Waals surface area contributed by atoms with Gasteiger partial charge in [0.25, 0.3) is 11.6 Å². The second-order valence-corrected chi connectivity index (χ2v) is 8.81. The first-order valence-corrected chi connectivity index (χ1v) is 10.5. The summed E-state index contributed by atoms with van der Waals surface area (Å²) in [6, 6.07) is 12.9. The van der Waals surface area contributed by atoms with Crippen molar-refractivity contribution in [1.82, 2.24) is 4.90 Å². The Morgan fingerprint density at radius 2 is 1.69 bits per heavy atom. The van der Waals surface area contributed by atoms with E-state index in [0.29, 0.717) is 42.3 Å². The van der Waals surface area contributed by atoms with E-state index in [-0.39, 0.29) is 22.4 Å². The van der Waals surface area contributed by atoms with Gasteiger partial charge in [0.15, 0.2) is 0 Å². The van der Waals surface area contributed by atoms with E-state index in [9.17, 15) is 19.7 Å². The number of amides is 2. The minimum Gasteiger partial charge on any atom is -0.338 e. The zero-order valence-electron chi connectivity index (χ0n) is 15.4. The third-order valence-corrected chi connectivity index (χ3v) is 7.13. The van der Waals surface area contributed by atoms with Crippen LogP contribution < -0.4 is 4.90 Å². The van der Waals surface area contributed by atoms with Gasteiger partial charge < -0.3 is 4.90 Å². The summed E-state index contributed by atoms with van der Waals surface area (Å²) in [5.74, 6) is 0.327. The highest BCUT2D eigenvalue weighted by atomic mass is 35.5. The molecule has 2 aromatic rings. The van der Waals surface area contributed by atoms with Crippen molar-refractivity contribution in [3.05, 3.63) is 69.2 Å². The summed E-state index contributed by atoms with van der Waals surface area (Å²) in [5.41, 5.74) is 1.20. The maximum absolute atomic E-state index is 12.8. The van der Waals surface area contributed by atoms with Crippen LogP contribution in [0.1, 0.15) is 23.2 Å². The van der Waals surface area contributed by atoms with Crippen molar-refractivity contribution in [3.63, 3.8) is 0 Å². The first kappa shape index (κ1) is 19.7. The van der Waals surface area contributed by atoms with Gasteiger partial charge in [-0.25, -0.2) is 0 Å². The predicted octanol–water partition coefficient (Wildman–Crippen LogP) is 3.96. The standard InChI is InChI=1S/C20H18ClN3O4S/c21-15-3-7-16(8-4-15)23-18(25)13-29-20(23)9-11-22(12-10-20)19(26)14-1-5-17(6-2-14)24(27)28/h1-8H,9-13H2. The second-order valence-electron chi connectivity index (χ2n) is 7.04. The lowest BCUT2D eigenvalue weighted by Crippen LogP contribution is -2.53. The first-order chi connectivity index (χ1) is 13.9. The number of anilines is 1. The van der Waals surface area contributed by atoms with Gasteiger partial charge in [-0.1, -0.05) is 11.6 Å². The van der Waals surface area contributed by atoms with Crippen molar-refractivity contribution >= 4 is 46.6 Å². The van der Waals surface area contributed by atoms with Crippen molar-refractivity contribution in [2.24, 2.45) is 0 Å². The monoisotopic (exact) mass is 431 g/mol. The zero-order valence-corrected chi connectivity index (χ0v) is 17.0. The molecule has 150 valence electrons. The predicted molar refractivity (Wildman–Crippen MR) is 112 cm³/mol. The maximum Gasteiger partial charge on any atom is 0.269 e. The largest absolute Gasteiger partial charge is 0.338 e. The molecule has 2 aliphatic heterocycles. The number of hydrogen-bond donors (Lipinski definition) is 0. The number of hydrogen-bond acceptors (Lipinski definition) is 5. The van der Waals surface area contributed by atoms with Gasteiger partial charge in [-0.15, -0.1) is 11.8 Å². The first-order valence-electron chi connectivity index (χ1n) is 9.16. The van der Waals surface area contributed by atoms with E-state index in [2.05, 4.69) is 0 Å². The van der Waals surface area contributed by atoms with Crippen LogP contribution in [0, 0.1) is 10.1 Å². The lowest BCUT2D eigenvalue weighted by atomic mass is 10.00. The van der Waals surface area contributed by atoms with Crippen LogP contribution in [0.3, 0.4) is 0 Å². The fourth-order valence-corrected chi connectivity index (χ4v) is 5.31. The average molecular weight is 432 g/mol. The van der Waals surface area contributed by atoms with E-state index in [0.717, 1.165) is 5.69 Å². The Kier molecular flexibility index (Phi) is 5.23. The van der Waals surface area contributed by atoms with Crippen molar-refractivity contribution in [1.29, 1.82) is 0 Å². The average Bonchev–Trinajstić information content (AvgIpc) is 3.04. The van der Waals surface area contributed by atoms with Gasteiger partial charge in [-0.3, -0.25) is 24.6 Å². The normalized spacial score (nSPS) is 18.3. The van der Waals surface area contributed by atoms with Crippen LogP contribution in [0.2, 0.25) is 5.02 Å². The number of halogens is 1. The van der Waals surface area contributed by atoms with Crippen LogP contribution >= 0.6 is 23.4 Å². The van der Waals surface area contributed by atoms with Gasteiger partial charge in [0, 0.05) is 41.5 Å². The van der Waals surface area contributed by atoms with Gasteiger partial charge in [-0.2, -0.15) is 0 Å². The maximum atomic E-state index is 12.8. The molecule has 2 fully saturated rings. The number of likely N-dealkylation sites (tertiary alicyclic amines) is 1. The Bertz CT molecular complexity index is 957. The van der Waals surface area contributed by atoms with E-state index >= 15 is 0 Å². The Labute approximate surface area is 176 Å². The van der Waals surface area contributed by atoms with Gasteiger partial charge in [-0.05, 0) is 49.2 Å². The van der Waals surface area contributed by atoms with Crippen LogP contribution in [0.15, 0.2) is 48.5 Å².